The molecule has 0 amide bonds. The summed E-state index contributed by atoms with van der Waals surface area (Å²) in [6.45, 7) is 1.51. The van der Waals surface area contributed by atoms with E-state index in [0.29, 0.717) is 17.8 Å². The van der Waals surface area contributed by atoms with Crippen LogP contribution in [0.5, 0.6) is 0 Å². The van der Waals surface area contributed by atoms with E-state index in [1.165, 1.54) is 13.3 Å². The van der Waals surface area contributed by atoms with E-state index in [9.17, 15) is 4.79 Å². The molecule has 0 aliphatic heterocycles. The number of hydrogen-bond donors (Lipinski definition) is 0. The fraction of sp³-hybridized carbons (Fsp3) is 0.615. The minimum absolute atomic E-state index is 0.115. The zero-order valence-corrected chi connectivity index (χ0v) is 8.93. The number of carbonyl (C=O) groups is 1. The maximum atomic E-state index is 11.0. The average Bonchev–Trinajstić information content (AvgIpc) is 2.62. The number of hydrogen-bond acceptors (Lipinski definition) is 2. The molecule has 0 unspecified atom stereocenters. The Morgan fingerprint density at radius 1 is 1.13 bits per heavy atom. The van der Waals surface area contributed by atoms with E-state index in [2.05, 4.69) is 24.3 Å². The SMILES string of the molecule is CC(=O)O[C@@H]1C[C@H]2C=C[C@H]3C=C[C@@H]1C[C@@H]32. The van der Waals surface area contributed by atoms with Gasteiger partial charge < -0.3 is 4.74 Å². The molecule has 0 aromatic rings. The van der Waals surface area contributed by atoms with Gasteiger partial charge in [0.2, 0.25) is 0 Å². The van der Waals surface area contributed by atoms with Gasteiger partial charge in [0.1, 0.15) is 6.10 Å². The molecule has 80 valence electrons. The summed E-state index contributed by atoms with van der Waals surface area (Å²) >= 11 is 0. The zero-order valence-electron chi connectivity index (χ0n) is 8.93. The third-order valence-electron chi connectivity index (χ3n) is 4.05. The smallest absolute Gasteiger partial charge is 0.302 e. The van der Waals surface area contributed by atoms with Crippen LogP contribution in [0.1, 0.15) is 19.8 Å². The lowest BCUT2D eigenvalue weighted by Crippen LogP contribution is -2.38. The van der Waals surface area contributed by atoms with Crippen LogP contribution in [0.3, 0.4) is 0 Å². The highest BCUT2D eigenvalue weighted by Gasteiger charge is 2.43. The molecule has 3 aliphatic rings. The van der Waals surface area contributed by atoms with E-state index in [1.54, 1.807) is 0 Å². The van der Waals surface area contributed by atoms with Crippen molar-refractivity contribution in [2.75, 3.05) is 0 Å². The minimum Gasteiger partial charge on any atom is -0.462 e. The highest BCUT2D eigenvalue weighted by molar-refractivity contribution is 5.66. The maximum Gasteiger partial charge on any atom is 0.302 e. The molecule has 1 fully saturated rings. The van der Waals surface area contributed by atoms with E-state index >= 15 is 0 Å². The number of fused-ring (bicyclic) bond motifs is 1. The summed E-state index contributed by atoms with van der Waals surface area (Å²) in [6.07, 6.45) is 11.5. The summed E-state index contributed by atoms with van der Waals surface area (Å²) in [5.74, 6) is 2.40. The summed E-state index contributed by atoms with van der Waals surface area (Å²) in [5, 5.41) is 0. The first kappa shape index (κ1) is 9.20. The normalized spacial score (nSPS) is 45.5. The van der Waals surface area contributed by atoms with Crippen LogP contribution in [0.25, 0.3) is 0 Å². The fourth-order valence-corrected chi connectivity index (χ4v) is 3.37. The molecule has 0 saturated heterocycles. The molecular formula is C13H16O2. The number of esters is 1. The lowest BCUT2D eigenvalue weighted by molar-refractivity contribution is -0.151. The van der Waals surface area contributed by atoms with E-state index in [4.69, 9.17) is 4.74 Å². The van der Waals surface area contributed by atoms with Gasteiger partial charge in [-0.15, -0.1) is 0 Å². The van der Waals surface area contributed by atoms with Gasteiger partial charge in [-0.3, -0.25) is 4.79 Å². The maximum absolute atomic E-state index is 11.0. The minimum atomic E-state index is -0.143. The topological polar surface area (TPSA) is 26.3 Å². The van der Waals surface area contributed by atoms with Gasteiger partial charge in [-0.25, -0.2) is 0 Å². The Morgan fingerprint density at radius 2 is 1.87 bits per heavy atom. The van der Waals surface area contributed by atoms with Crippen LogP contribution in [0.2, 0.25) is 0 Å². The summed E-state index contributed by atoms with van der Waals surface area (Å²) in [4.78, 5) is 11.0. The quantitative estimate of drug-likeness (QED) is 0.484. The Hall–Kier alpha value is -1.05. The first-order valence-electron chi connectivity index (χ1n) is 5.78. The molecule has 2 bridgehead atoms. The van der Waals surface area contributed by atoms with Crippen LogP contribution < -0.4 is 0 Å². The molecular weight excluding hydrogens is 188 g/mol. The molecule has 0 N–H and O–H groups in total. The van der Waals surface area contributed by atoms with Gasteiger partial charge in [-0.05, 0) is 30.6 Å². The summed E-state index contributed by atoms with van der Waals surface area (Å²) < 4.78 is 5.40. The first-order chi connectivity index (χ1) is 7.24. The Balaban J connectivity index is 1.84. The van der Waals surface area contributed by atoms with Crippen molar-refractivity contribution in [3.05, 3.63) is 24.3 Å². The molecule has 2 nitrogen and oxygen atoms in total. The molecule has 5 atom stereocenters. The van der Waals surface area contributed by atoms with Gasteiger partial charge in [0.15, 0.2) is 0 Å². The Bertz CT molecular complexity index is 342. The lowest BCUT2D eigenvalue weighted by Gasteiger charge is -2.40. The van der Waals surface area contributed by atoms with Crippen molar-refractivity contribution in [3.8, 4) is 0 Å². The molecule has 0 spiro atoms. The van der Waals surface area contributed by atoms with Crippen molar-refractivity contribution in [2.24, 2.45) is 23.7 Å². The van der Waals surface area contributed by atoms with Crippen LogP contribution in [0.15, 0.2) is 24.3 Å². The Kier molecular flexibility index (Phi) is 1.98. The standard InChI is InChI=1S/C13H16O2/c1-8(14)15-13-7-10-4-2-9-3-5-11(13)6-12(9)10/h2-5,9-13H,6-7H2,1H3/t9-,10+,11+,12-,13+/m0/s1. The predicted octanol–water partition coefficient (Wildman–Crippen LogP) is 2.32. The van der Waals surface area contributed by atoms with Crippen molar-refractivity contribution in [1.82, 2.24) is 0 Å². The second-order valence-corrected chi connectivity index (χ2v) is 4.96. The van der Waals surface area contributed by atoms with Crippen LogP contribution in [-0.4, -0.2) is 12.1 Å². The Labute approximate surface area is 90.0 Å². The molecule has 0 aromatic heterocycles. The van der Waals surface area contributed by atoms with Crippen molar-refractivity contribution < 1.29 is 9.53 Å². The molecule has 0 radical (unpaired) electrons. The van der Waals surface area contributed by atoms with Crippen molar-refractivity contribution in [3.63, 3.8) is 0 Å². The second kappa shape index (κ2) is 3.22. The molecule has 15 heavy (non-hydrogen) atoms. The summed E-state index contributed by atoms with van der Waals surface area (Å²) in [5.41, 5.74) is 0. The number of allylic oxidation sites excluding steroid dienone is 3. The lowest BCUT2D eigenvalue weighted by atomic mass is 9.67. The summed E-state index contributed by atoms with van der Waals surface area (Å²) in [6, 6.07) is 0. The van der Waals surface area contributed by atoms with Crippen molar-refractivity contribution in [1.29, 1.82) is 0 Å². The van der Waals surface area contributed by atoms with Crippen LogP contribution in [-0.2, 0) is 9.53 Å². The van der Waals surface area contributed by atoms with Crippen LogP contribution in [0.4, 0.5) is 0 Å². The second-order valence-electron chi connectivity index (χ2n) is 4.96. The van der Waals surface area contributed by atoms with Gasteiger partial charge in [0, 0.05) is 12.8 Å². The van der Waals surface area contributed by atoms with E-state index in [1.807, 2.05) is 0 Å². The zero-order chi connectivity index (χ0) is 10.4. The van der Waals surface area contributed by atoms with Gasteiger partial charge in [-0.2, -0.15) is 0 Å². The third kappa shape index (κ3) is 1.43. The molecule has 2 heteroatoms. The number of ether oxygens (including phenoxy) is 1. The highest BCUT2D eigenvalue weighted by atomic mass is 16.5. The third-order valence-corrected chi connectivity index (χ3v) is 4.05. The molecule has 3 rings (SSSR count). The van der Waals surface area contributed by atoms with Gasteiger partial charge >= 0.3 is 5.97 Å². The predicted molar refractivity (Wildman–Crippen MR) is 57.0 cm³/mol. The van der Waals surface area contributed by atoms with Gasteiger partial charge in [-0.1, -0.05) is 24.3 Å². The van der Waals surface area contributed by atoms with Crippen molar-refractivity contribution in [2.45, 2.75) is 25.9 Å². The average molecular weight is 204 g/mol. The number of rotatable bonds is 1. The monoisotopic (exact) mass is 204 g/mol. The van der Waals surface area contributed by atoms with Gasteiger partial charge in [0.05, 0.1) is 0 Å². The number of carbonyl (C=O) groups excluding carboxylic acids is 1. The van der Waals surface area contributed by atoms with Crippen LogP contribution in [0, 0.1) is 23.7 Å². The molecule has 1 saturated carbocycles. The molecule has 3 aliphatic carbocycles. The summed E-state index contributed by atoms with van der Waals surface area (Å²) in [7, 11) is 0. The van der Waals surface area contributed by atoms with E-state index in [0.717, 1.165) is 12.3 Å². The fourth-order valence-electron chi connectivity index (χ4n) is 3.37. The van der Waals surface area contributed by atoms with Gasteiger partial charge in [0.25, 0.3) is 0 Å². The Morgan fingerprint density at radius 3 is 2.60 bits per heavy atom. The molecule has 0 heterocycles. The first-order valence-corrected chi connectivity index (χ1v) is 5.78. The largest absolute Gasteiger partial charge is 0.462 e. The highest BCUT2D eigenvalue weighted by Crippen LogP contribution is 2.48. The van der Waals surface area contributed by atoms with Crippen LogP contribution >= 0.6 is 0 Å². The molecule has 0 aromatic carbocycles. The van der Waals surface area contributed by atoms with E-state index in [-0.39, 0.29) is 12.1 Å². The van der Waals surface area contributed by atoms with E-state index < -0.39 is 0 Å². The van der Waals surface area contributed by atoms with Crippen molar-refractivity contribution >= 4 is 5.97 Å².